The molecule has 0 aliphatic carbocycles. The number of fused-ring (bicyclic) bond motifs is 3. The number of nitro groups is 1. The number of nitrogens with zero attached hydrogens (tertiary/aromatic N) is 3. The first-order valence-electron chi connectivity index (χ1n) is 8.90. The molecule has 0 bridgehead atoms. The van der Waals surface area contributed by atoms with Gasteiger partial charge in [0.2, 0.25) is 0 Å². The Balaban J connectivity index is 1.60. The Morgan fingerprint density at radius 1 is 1.11 bits per heavy atom. The molecule has 2 aromatic carbocycles. The van der Waals surface area contributed by atoms with Crippen LogP contribution in [-0.2, 0) is 6.54 Å². The highest BCUT2D eigenvalue weighted by atomic mass is 16.6. The summed E-state index contributed by atoms with van der Waals surface area (Å²) in [7, 11) is 0. The number of hydrogen-bond donors (Lipinski definition) is 0. The van der Waals surface area contributed by atoms with E-state index in [1.54, 1.807) is 4.57 Å². The van der Waals surface area contributed by atoms with Crippen LogP contribution in [0.1, 0.15) is 17.8 Å². The van der Waals surface area contributed by atoms with Gasteiger partial charge in [0.15, 0.2) is 11.5 Å². The number of hydrogen-bond acceptors (Lipinski definition) is 6. The van der Waals surface area contributed by atoms with Crippen LogP contribution in [-0.4, -0.2) is 27.7 Å². The van der Waals surface area contributed by atoms with Gasteiger partial charge in [-0.2, -0.15) is 0 Å². The second-order valence-corrected chi connectivity index (χ2v) is 6.67. The fourth-order valence-electron chi connectivity index (χ4n) is 3.61. The van der Waals surface area contributed by atoms with Crippen molar-refractivity contribution in [3.8, 4) is 11.5 Å². The van der Waals surface area contributed by atoms with Crippen LogP contribution >= 0.6 is 0 Å². The van der Waals surface area contributed by atoms with Crippen molar-refractivity contribution in [1.82, 2.24) is 9.55 Å². The first-order chi connectivity index (χ1) is 13.6. The van der Waals surface area contributed by atoms with E-state index in [2.05, 4.69) is 4.98 Å². The molecule has 0 unspecified atom stereocenters. The fourth-order valence-corrected chi connectivity index (χ4v) is 3.61. The van der Waals surface area contributed by atoms with Crippen molar-refractivity contribution in [2.24, 2.45) is 0 Å². The van der Waals surface area contributed by atoms with Crippen LogP contribution in [0.25, 0.3) is 22.6 Å². The summed E-state index contributed by atoms with van der Waals surface area (Å²) in [5.41, 5.74) is 1.96. The maximum atomic E-state index is 12.8. The summed E-state index contributed by atoms with van der Waals surface area (Å²) >= 11 is 0. The Kier molecular flexibility index (Phi) is 3.65. The maximum Gasteiger partial charge on any atom is 0.270 e. The second kappa shape index (κ2) is 6.19. The highest BCUT2D eigenvalue weighted by molar-refractivity contribution is 5.86. The van der Waals surface area contributed by atoms with Crippen molar-refractivity contribution in [2.75, 3.05) is 13.2 Å². The molecule has 0 amide bonds. The van der Waals surface area contributed by atoms with Gasteiger partial charge in [-0.05, 0) is 41.8 Å². The number of rotatable bonds is 2. The first-order valence-corrected chi connectivity index (χ1v) is 8.90. The first kappa shape index (κ1) is 16.5. The summed E-state index contributed by atoms with van der Waals surface area (Å²) in [6.07, 6.45) is 2.65. The third-order valence-corrected chi connectivity index (χ3v) is 4.95. The number of allylic oxidation sites excluding steroid dienone is 1. The zero-order valence-corrected chi connectivity index (χ0v) is 14.8. The normalized spacial score (nSPS) is 16.4. The molecule has 8 nitrogen and oxygen atoms in total. The number of nitro benzene ring substituents is 1. The third kappa shape index (κ3) is 2.61. The van der Waals surface area contributed by atoms with E-state index in [0.29, 0.717) is 43.3 Å². The summed E-state index contributed by atoms with van der Waals surface area (Å²) in [5, 5.41) is 11.3. The van der Waals surface area contributed by atoms with E-state index in [-0.39, 0.29) is 16.6 Å². The average Bonchev–Trinajstić information content (AvgIpc) is 3.10. The van der Waals surface area contributed by atoms with Gasteiger partial charge >= 0.3 is 0 Å². The Morgan fingerprint density at radius 3 is 2.75 bits per heavy atom. The highest BCUT2D eigenvalue weighted by Crippen LogP contribution is 2.33. The van der Waals surface area contributed by atoms with Crippen LogP contribution < -0.4 is 15.0 Å². The van der Waals surface area contributed by atoms with Crippen LogP contribution in [0.15, 0.2) is 41.2 Å². The van der Waals surface area contributed by atoms with Crippen LogP contribution in [0.5, 0.6) is 11.5 Å². The van der Waals surface area contributed by atoms with Gasteiger partial charge in [-0.25, -0.2) is 4.98 Å². The molecule has 2 aliphatic heterocycles. The van der Waals surface area contributed by atoms with E-state index >= 15 is 0 Å². The topological polar surface area (TPSA) is 96.5 Å². The zero-order valence-electron chi connectivity index (χ0n) is 14.8. The second-order valence-electron chi connectivity index (χ2n) is 6.67. The molecule has 0 saturated heterocycles. The van der Waals surface area contributed by atoms with Crippen molar-refractivity contribution in [1.29, 1.82) is 0 Å². The standard InChI is InChI=1S/C20H15N3O5/c24-20-15-11-14(23(25)26)2-3-16(15)21-19-13(5-6-22(19)20)9-12-1-4-17-18(10-12)28-8-7-27-17/h1-4,9-11H,5-8H2/b13-9+. The van der Waals surface area contributed by atoms with Gasteiger partial charge in [0, 0.05) is 18.7 Å². The van der Waals surface area contributed by atoms with Crippen molar-refractivity contribution in [3.05, 3.63) is 68.3 Å². The third-order valence-electron chi connectivity index (χ3n) is 4.95. The lowest BCUT2D eigenvalue weighted by atomic mass is 10.1. The van der Waals surface area contributed by atoms with Crippen molar-refractivity contribution < 1.29 is 14.4 Å². The summed E-state index contributed by atoms with van der Waals surface area (Å²) in [4.78, 5) is 27.9. The Bertz CT molecular complexity index is 1230. The molecular formula is C20H15N3O5. The predicted molar refractivity (Wildman–Crippen MR) is 103 cm³/mol. The maximum absolute atomic E-state index is 12.8. The molecule has 1 aromatic heterocycles. The summed E-state index contributed by atoms with van der Waals surface area (Å²) < 4.78 is 12.7. The van der Waals surface area contributed by atoms with Crippen molar-refractivity contribution in [2.45, 2.75) is 13.0 Å². The van der Waals surface area contributed by atoms with Crippen LogP contribution in [0, 0.1) is 10.1 Å². The van der Waals surface area contributed by atoms with Crippen molar-refractivity contribution in [3.63, 3.8) is 0 Å². The molecular weight excluding hydrogens is 362 g/mol. The SMILES string of the molecule is O=c1c2cc([N+](=O)[O-])ccc2nc2n1CC/C2=C\c1ccc2c(c1)OCCO2. The minimum Gasteiger partial charge on any atom is -0.486 e. The van der Waals surface area contributed by atoms with E-state index < -0.39 is 4.92 Å². The number of non-ortho nitro benzene ring substituents is 1. The molecule has 3 heterocycles. The van der Waals surface area contributed by atoms with Gasteiger partial charge in [-0.1, -0.05) is 6.07 Å². The summed E-state index contributed by atoms with van der Waals surface area (Å²) in [5.74, 6) is 2.03. The van der Waals surface area contributed by atoms with Crippen LogP contribution in [0.2, 0.25) is 0 Å². The monoisotopic (exact) mass is 377 g/mol. The van der Waals surface area contributed by atoms with E-state index in [1.807, 2.05) is 24.3 Å². The zero-order chi connectivity index (χ0) is 19.3. The largest absolute Gasteiger partial charge is 0.486 e. The molecule has 28 heavy (non-hydrogen) atoms. The van der Waals surface area contributed by atoms with Gasteiger partial charge in [-0.3, -0.25) is 19.5 Å². The molecule has 0 radical (unpaired) electrons. The molecule has 0 saturated carbocycles. The molecule has 5 rings (SSSR count). The molecule has 0 fully saturated rings. The van der Waals surface area contributed by atoms with E-state index in [0.717, 1.165) is 16.9 Å². The molecule has 140 valence electrons. The van der Waals surface area contributed by atoms with Gasteiger partial charge in [-0.15, -0.1) is 0 Å². The number of benzene rings is 2. The molecule has 0 N–H and O–H groups in total. The lowest BCUT2D eigenvalue weighted by Gasteiger charge is -2.18. The Morgan fingerprint density at radius 2 is 1.93 bits per heavy atom. The van der Waals surface area contributed by atoms with Gasteiger partial charge in [0.1, 0.15) is 19.0 Å². The van der Waals surface area contributed by atoms with Gasteiger partial charge in [0.05, 0.1) is 15.8 Å². The lowest BCUT2D eigenvalue weighted by Crippen LogP contribution is -2.20. The quantitative estimate of drug-likeness (QED) is 0.503. The Hall–Kier alpha value is -3.68. The summed E-state index contributed by atoms with van der Waals surface area (Å²) in [6.45, 7) is 1.56. The van der Waals surface area contributed by atoms with Gasteiger partial charge < -0.3 is 9.47 Å². The predicted octanol–water partition coefficient (Wildman–Crippen LogP) is 3.02. The number of aromatic nitrogens is 2. The summed E-state index contributed by atoms with van der Waals surface area (Å²) in [6, 6.07) is 9.90. The smallest absolute Gasteiger partial charge is 0.270 e. The molecule has 8 heteroatoms. The Labute approximate surface area is 158 Å². The van der Waals surface area contributed by atoms with Crippen LogP contribution in [0.3, 0.4) is 0 Å². The fraction of sp³-hybridized carbons (Fsp3) is 0.200. The average molecular weight is 377 g/mol. The van der Waals surface area contributed by atoms with Crippen molar-refractivity contribution >= 4 is 28.2 Å². The van der Waals surface area contributed by atoms with E-state index in [9.17, 15) is 14.9 Å². The van der Waals surface area contributed by atoms with E-state index in [1.165, 1.54) is 18.2 Å². The minimum atomic E-state index is -0.510. The molecule has 3 aromatic rings. The number of ether oxygens (including phenoxy) is 2. The van der Waals surface area contributed by atoms with Crippen LogP contribution in [0.4, 0.5) is 5.69 Å². The molecule has 2 aliphatic rings. The van der Waals surface area contributed by atoms with Gasteiger partial charge in [0.25, 0.3) is 11.2 Å². The molecule has 0 atom stereocenters. The lowest BCUT2D eigenvalue weighted by molar-refractivity contribution is -0.384. The van der Waals surface area contributed by atoms with E-state index in [4.69, 9.17) is 9.47 Å². The minimum absolute atomic E-state index is 0.114. The highest BCUT2D eigenvalue weighted by Gasteiger charge is 2.22. The molecule has 0 spiro atoms.